The maximum Gasteiger partial charge on any atom is 0.330 e. The fraction of sp³-hybridized carbons (Fsp3) is 0.436. The number of esters is 1. The Hall–Kier alpha value is -5.75. The van der Waals surface area contributed by atoms with Gasteiger partial charge in [0.2, 0.25) is 27.7 Å². The number of carboxylic acids is 1. The number of nitro groups is 1. The Morgan fingerprint density at radius 2 is 1.84 bits per heavy atom. The van der Waals surface area contributed by atoms with Crippen LogP contribution in [0.1, 0.15) is 57.6 Å². The first kappa shape index (κ1) is 42.4. The second-order valence-corrected chi connectivity index (χ2v) is 16.9. The van der Waals surface area contributed by atoms with Crippen LogP contribution in [-0.4, -0.2) is 106 Å². The molecule has 1 saturated carbocycles. The largest absolute Gasteiger partial charge is 0.479 e. The van der Waals surface area contributed by atoms with Gasteiger partial charge in [-0.2, -0.15) is 9.30 Å². The topological polar surface area (TPSA) is 232 Å². The van der Waals surface area contributed by atoms with E-state index in [-0.39, 0.29) is 44.7 Å². The highest BCUT2D eigenvalue weighted by molar-refractivity contribution is 7.89. The number of aliphatic imine (C=N–C) groups is 1. The molecular weight excluding hydrogens is 763 g/mol. The van der Waals surface area contributed by atoms with E-state index in [0.29, 0.717) is 17.5 Å². The van der Waals surface area contributed by atoms with E-state index in [0.717, 1.165) is 21.3 Å². The maximum atomic E-state index is 14.8. The molecule has 57 heavy (non-hydrogen) atoms. The number of hydrogen-bond donors (Lipinski definition) is 2. The molecular formula is C39H45N5O12S. The van der Waals surface area contributed by atoms with Gasteiger partial charge in [-0.1, -0.05) is 42.5 Å². The lowest BCUT2D eigenvalue weighted by atomic mass is 10.0. The van der Waals surface area contributed by atoms with Crippen LogP contribution in [0.2, 0.25) is 0 Å². The van der Waals surface area contributed by atoms with Crippen LogP contribution in [-0.2, 0) is 49.9 Å². The van der Waals surface area contributed by atoms with Crippen LogP contribution >= 0.6 is 0 Å². The minimum absolute atomic E-state index is 0.0288. The van der Waals surface area contributed by atoms with E-state index in [4.69, 9.17) is 9.47 Å². The molecule has 2 N–H and O–H groups in total. The van der Waals surface area contributed by atoms with Crippen molar-refractivity contribution in [2.24, 2.45) is 16.8 Å². The first-order valence-corrected chi connectivity index (χ1v) is 19.7. The number of aliphatic carboxylic acids is 1. The average Bonchev–Trinajstić information content (AvgIpc) is 3.71. The van der Waals surface area contributed by atoms with Gasteiger partial charge in [0.15, 0.2) is 4.90 Å². The predicted molar refractivity (Wildman–Crippen MR) is 204 cm³/mol. The summed E-state index contributed by atoms with van der Waals surface area (Å²) < 4.78 is 41.1. The number of carbonyl (C=O) groups is 5. The van der Waals surface area contributed by atoms with Gasteiger partial charge in [0.1, 0.15) is 29.2 Å². The molecule has 5 rings (SSSR count). The zero-order chi connectivity index (χ0) is 41.9. The number of carbonyl (C=O) groups excluding carboxylic acids is 4. The third-order valence-corrected chi connectivity index (χ3v) is 11.8. The second kappa shape index (κ2) is 16.8. The minimum Gasteiger partial charge on any atom is -0.479 e. The van der Waals surface area contributed by atoms with Gasteiger partial charge >= 0.3 is 11.9 Å². The molecule has 2 heterocycles. The van der Waals surface area contributed by atoms with Crippen molar-refractivity contribution in [3.05, 3.63) is 95.1 Å². The number of allylic oxidation sites excluding steroid dienone is 1. The lowest BCUT2D eigenvalue weighted by Crippen LogP contribution is -2.55. The molecule has 2 aromatic rings. The third-order valence-electron chi connectivity index (χ3n) is 9.84. The molecule has 1 saturated heterocycles. The summed E-state index contributed by atoms with van der Waals surface area (Å²) in [4.78, 5) is 83.3. The number of sulfonamides is 1. The van der Waals surface area contributed by atoms with Crippen molar-refractivity contribution in [2.75, 3.05) is 19.6 Å². The molecule has 1 aliphatic carbocycles. The van der Waals surface area contributed by atoms with Crippen LogP contribution in [0.4, 0.5) is 5.69 Å². The van der Waals surface area contributed by atoms with E-state index in [1.807, 2.05) is 0 Å². The van der Waals surface area contributed by atoms with Crippen molar-refractivity contribution >= 4 is 51.3 Å². The first-order chi connectivity index (χ1) is 26.8. The Labute approximate surface area is 329 Å². The number of nitro benzene ring substituents is 1. The van der Waals surface area contributed by atoms with Gasteiger partial charge < -0.3 is 24.8 Å². The fourth-order valence-electron chi connectivity index (χ4n) is 6.92. The van der Waals surface area contributed by atoms with Gasteiger partial charge in [0.05, 0.1) is 17.9 Å². The molecule has 17 nitrogen and oxygen atoms in total. The quantitative estimate of drug-likeness (QED) is 0.0622. The van der Waals surface area contributed by atoms with E-state index in [9.17, 15) is 47.6 Å². The molecule has 0 bridgehead atoms. The zero-order valence-electron chi connectivity index (χ0n) is 31.8. The van der Waals surface area contributed by atoms with Crippen LogP contribution in [0.15, 0.2) is 83.7 Å². The fourth-order valence-corrected chi connectivity index (χ4v) is 8.57. The summed E-state index contributed by atoms with van der Waals surface area (Å²) in [5, 5.41) is 24.5. The van der Waals surface area contributed by atoms with Crippen LogP contribution in [0.25, 0.3) is 0 Å². The Bertz CT molecular complexity index is 2130. The van der Waals surface area contributed by atoms with Crippen LogP contribution in [0.5, 0.6) is 0 Å². The van der Waals surface area contributed by atoms with Crippen molar-refractivity contribution < 1.29 is 51.9 Å². The lowest BCUT2D eigenvalue weighted by Gasteiger charge is -2.32. The third kappa shape index (κ3) is 9.28. The number of hydrogen-bond acceptors (Lipinski definition) is 11. The number of nitrogens with zero attached hydrogens (tertiary/aromatic N) is 4. The van der Waals surface area contributed by atoms with Gasteiger partial charge in [-0.15, -0.1) is 13.2 Å². The minimum atomic E-state index is -4.76. The monoisotopic (exact) mass is 807 g/mol. The summed E-state index contributed by atoms with van der Waals surface area (Å²) >= 11 is 0. The van der Waals surface area contributed by atoms with E-state index in [1.165, 1.54) is 45.1 Å². The highest BCUT2D eigenvalue weighted by Gasteiger charge is 2.61. The Kier molecular flexibility index (Phi) is 12.5. The van der Waals surface area contributed by atoms with Crippen molar-refractivity contribution in [3.8, 4) is 0 Å². The predicted octanol–water partition coefficient (Wildman–Crippen LogP) is 3.17. The van der Waals surface area contributed by atoms with Gasteiger partial charge in [0, 0.05) is 37.1 Å². The maximum absolute atomic E-state index is 14.8. The number of fused-ring (bicyclic) bond motifs is 1. The SMILES string of the molecule is C=CCCCN(C[C@H](C(=O)OC(C)(C)C)C(=O)N1C[C@H](OC2=NC(=O)Cc3ccccc32)C[C@H]1C(=O)NC1(C(=O)O)CC1C=C)S(=O)(=O)c1ccccc1[N+](=O)[O-]. The normalized spacial score (nSPS) is 22.1. The number of unbranched alkanes of at least 4 members (excludes halogenated alkanes) is 1. The van der Waals surface area contributed by atoms with E-state index in [1.54, 1.807) is 24.3 Å². The molecule has 2 unspecified atom stereocenters. The Balaban J connectivity index is 1.55. The summed E-state index contributed by atoms with van der Waals surface area (Å²) in [5.74, 6) is -7.48. The van der Waals surface area contributed by atoms with Crippen LogP contribution < -0.4 is 5.32 Å². The lowest BCUT2D eigenvalue weighted by molar-refractivity contribution is -0.387. The highest BCUT2D eigenvalue weighted by Crippen LogP contribution is 2.45. The number of nitrogens with one attached hydrogen (secondary N) is 1. The highest BCUT2D eigenvalue weighted by atomic mass is 32.2. The molecule has 18 heteroatoms. The molecule has 0 radical (unpaired) electrons. The molecule has 2 fully saturated rings. The van der Waals surface area contributed by atoms with Crippen molar-refractivity contribution in [1.82, 2.24) is 14.5 Å². The Morgan fingerprint density at radius 3 is 2.47 bits per heavy atom. The molecule has 0 spiro atoms. The van der Waals surface area contributed by atoms with Crippen molar-refractivity contribution in [3.63, 3.8) is 0 Å². The number of carboxylic acid groups (broad SMARTS) is 1. The van der Waals surface area contributed by atoms with Crippen LogP contribution in [0, 0.1) is 22.0 Å². The standard InChI is InChI=1S/C39H45N5O12S/c1-6-8-13-18-42(57(53,54)31-17-12-11-16-29(31)44(51)52)23-28(36(48)56-38(3,4)5)35(47)43-22-26(55-34-27-15-10-9-14-24(27)19-32(45)40-34)20-30(43)33(46)41-39(37(49)50)21-25(39)7-2/h6-7,9-12,14-17,25-26,28,30H,1-2,8,13,18-23H2,3-5H3,(H,41,46)(H,49,50)/t25?,26-,28+,30+,39?/m1/s1. The van der Waals surface area contributed by atoms with Crippen molar-refractivity contribution in [1.29, 1.82) is 0 Å². The average molecular weight is 808 g/mol. The number of ether oxygens (including phenoxy) is 2. The summed E-state index contributed by atoms with van der Waals surface area (Å²) in [6, 6.07) is 10.1. The van der Waals surface area contributed by atoms with Crippen LogP contribution in [0.3, 0.4) is 0 Å². The van der Waals surface area contributed by atoms with Gasteiger partial charge in [-0.05, 0) is 57.7 Å². The molecule has 0 aromatic heterocycles. The van der Waals surface area contributed by atoms with E-state index in [2.05, 4.69) is 23.5 Å². The molecule has 5 atom stereocenters. The second-order valence-electron chi connectivity index (χ2n) is 15.0. The molecule has 3 amide bonds. The van der Waals surface area contributed by atoms with E-state index >= 15 is 0 Å². The molecule has 304 valence electrons. The number of likely N-dealkylation sites (tertiary alicyclic amines) is 1. The van der Waals surface area contributed by atoms with E-state index < -0.39 is 96.9 Å². The van der Waals surface area contributed by atoms with Crippen molar-refractivity contribution in [2.45, 2.75) is 81.1 Å². The molecule has 2 aromatic carbocycles. The summed E-state index contributed by atoms with van der Waals surface area (Å²) in [5.41, 5.74) is -2.44. The van der Waals surface area contributed by atoms with Gasteiger partial charge in [-0.25, -0.2) is 13.2 Å². The number of rotatable bonds is 16. The number of amides is 3. The molecule has 3 aliphatic rings. The number of benzene rings is 2. The first-order valence-electron chi connectivity index (χ1n) is 18.2. The zero-order valence-corrected chi connectivity index (χ0v) is 32.6. The van der Waals surface area contributed by atoms with Gasteiger partial charge in [-0.3, -0.25) is 29.3 Å². The van der Waals surface area contributed by atoms with Gasteiger partial charge in [0.25, 0.3) is 11.6 Å². The summed E-state index contributed by atoms with van der Waals surface area (Å²) in [6.45, 7) is 10.4. The smallest absolute Gasteiger partial charge is 0.330 e. The summed E-state index contributed by atoms with van der Waals surface area (Å²) in [7, 11) is -4.76. The molecule has 2 aliphatic heterocycles. The summed E-state index contributed by atoms with van der Waals surface area (Å²) in [6.07, 6.45) is 2.21. The number of para-hydroxylation sites is 1. The Morgan fingerprint density at radius 1 is 1.16 bits per heavy atom.